The van der Waals surface area contributed by atoms with E-state index in [1.54, 1.807) is 11.3 Å². The Morgan fingerprint density at radius 3 is 3.18 bits per heavy atom. The first-order chi connectivity index (χ1) is 10.7. The second-order valence-corrected chi connectivity index (χ2v) is 6.59. The van der Waals surface area contributed by atoms with Gasteiger partial charge in [0.05, 0.1) is 29.0 Å². The number of carbonyl (C=O) groups excluding carboxylic acids is 1. The molecule has 0 aliphatic carbocycles. The highest BCUT2D eigenvalue weighted by atomic mass is 32.1. The van der Waals surface area contributed by atoms with Crippen molar-refractivity contribution in [1.82, 2.24) is 10.3 Å². The molecule has 0 unspecified atom stereocenters. The van der Waals surface area contributed by atoms with Gasteiger partial charge in [0.25, 0.3) is 0 Å². The number of hydrogen-bond donors (Lipinski definition) is 1. The molecule has 1 fully saturated rings. The average Bonchev–Trinajstić information content (AvgIpc) is 3.16. The van der Waals surface area contributed by atoms with Gasteiger partial charge in [0.1, 0.15) is 11.6 Å². The van der Waals surface area contributed by atoms with Crippen LogP contribution < -0.4 is 5.32 Å². The predicted octanol–water partition coefficient (Wildman–Crippen LogP) is 2.50. The fraction of sp³-hybridized carbons (Fsp3) is 0.500. The number of amides is 1. The van der Waals surface area contributed by atoms with Gasteiger partial charge in [-0.15, -0.1) is 11.3 Å². The Kier molecular flexibility index (Phi) is 5.02. The Hall–Kier alpha value is -1.50. The number of nitrogens with one attached hydrogen (secondary N) is 1. The van der Waals surface area contributed by atoms with Gasteiger partial charge in [-0.2, -0.15) is 0 Å². The molecule has 2 atom stereocenters. The molecule has 0 saturated carbocycles. The van der Waals surface area contributed by atoms with Gasteiger partial charge in [-0.05, 0) is 31.9 Å². The maximum absolute atomic E-state index is 11.9. The summed E-state index contributed by atoms with van der Waals surface area (Å²) < 4.78 is 12.2. The SMILES string of the molecule is C[C@H](NC(=O)COCc1nc2ccccc2s1)[C@@H]1CCCO1. The number of carbonyl (C=O) groups is 1. The van der Waals surface area contributed by atoms with Crippen LogP contribution in [-0.2, 0) is 20.9 Å². The highest BCUT2D eigenvalue weighted by Gasteiger charge is 2.23. The quantitative estimate of drug-likeness (QED) is 0.888. The van der Waals surface area contributed by atoms with E-state index in [9.17, 15) is 4.79 Å². The van der Waals surface area contributed by atoms with Crippen LogP contribution in [0.2, 0.25) is 0 Å². The van der Waals surface area contributed by atoms with E-state index in [-0.39, 0.29) is 24.7 Å². The molecule has 0 spiro atoms. The Morgan fingerprint density at radius 1 is 1.55 bits per heavy atom. The molecule has 0 bridgehead atoms. The molecule has 2 heterocycles. The van der Waals surface area contributed by atoms with Crippen molar-refractivity contribution in [3.05, 3.63) is 29.3 Å². The lowest BCUT2D eigenvalue weighted by Crippen LogP contribution is -2.42. The lowest BCUT2D eigenvalue weighted by molar-refractivity contribution is -0.127. The third-order valence-corrected chi connectivity index (χ3v) is 4.72. The van der Waals surface area contributed by atoms with Gasteiger partial charge >= 0.3 is 0 Å². The largest absolute Gasteiger partial charge is 0.376 e. The number of benzene rings is 1. The van der Waals surface area contributed by atoms with Crippen LogP contribution in [-0.4, -0.2) is 36.3 Å². The molecule has 2 aromatic rings. The predicted molar refractivity (Wildman–Crippen MR) is 85.9 cm³/mol. The van der Waals surface area contributed by atoms with Crippen molar-refractivity contribution in [2.24, 2.45) is 0 Å². The number of aromatic nitrogens is 1. The first-order valence-corrected chi connectivity index (χ1v) is 8.37. The van der Waals surface area contributed by atoms with Crippen LogP contribution >= 0.6 is 11.3 Å². The van der Waals surface area contributed by atoms with E-state index in [1.807, 2.05) is 31.2 Å². The molecule has 1 N–H and O–H groups in total. The Morgan fingerprint density at radius 2 is 2.41 bits per heavy atom. The van der Waals surface area contributed by atoms with Crippen LogP contribution in [0.25, 0.3) is 10.2 Å². The van der Waals surface area contributed by atoms with Crippen molar-refractivity contribution < 1.29 is 14.3 Å². The molecule has 118 valence electrons. The van der Waals surface area contributed by atoms with Gasteiger partial charge in [-0.3, -0.25) is 4.79 Å². The van der Waals surface area contributed by atoms with Gasteiger partial charge < -0.3 is 14.8 Å². The molecule has 5 nitrogen and oxygen atoms in total. The summed E-state index contributed by atoms with van der Waals surface area (Å²) in [5.74, 6) is -0.107. The van der Waals surface area contributed by atoms with Crippen molar-refractivity contribution in [3.63, 3.8) is 0 Å². The lowest BCUT2D eigenvalue weighted by Gasteiger charge is -2.19. The molecule has 3 rings (SSSR count). The van der Waals surface area contributed by atoms with Crippen LogP contribution in [0.1, 0.15) is 24.8 Å². The maximum atomic E-state index is 11.9. The van der Waals surface area contributed by atoms with Crippen LogP contribution in [0.15, 0.2) is 24.3 Å². The molecular weight excluding hydrogens is 300 g/mol. The highest BCUT2D eigenvalue weighted by Crippen LogP contribution is 2.21. The van der Waals surface area contributed by atoms with E-state index in [4.69, 9.17) is 9.47 Å². The zero-order valence-corrected chi connectivity index (χ0v) is 13.4. The summed E-state index contributed by atoms with van der Waals surface area (Å²) in [7, 11) is 0. The molecule has 1 amide bonds. The number of fused-ring (bicyclic) bond motifs is 1. The number of hydrogen-bond acceptors (Lipinski definition) is 5. The maximum Gasteiger partial charge on any atom is 0.246 e. The zero-order valence-electron chi connectivity index (χ0n) is 12.6. The van der Waals surface area contributed by atoms with Gasteiger partial charge in [0.2, 0.25) is 5.91 Å². The molecule has 6 heteroatoms. The van der Waals surface area contributed by atoms with E-state index in [0.29, 0.717) is 6.61 Å². The van der Waals surface area contributed by atoms with E-state index < -0.39 is 0 Å². The molecule has 1 saturated heterocycles. The Bertz CT molecular complexity index is 604. The van der Waals surface area contributed by atoms with Crippen LogP contribution in [0.4, 0.5) is 0 Å². The first kappa shape index (κ1) is 15.4. The van der Waals surface area contributed by atoms with Crippen molar-refractivity contribution >= 4 is 27.5 Å². The van der Waals surface area contributed by atoms with Crippen molar-refractivity contribution in [3.8, 4) is 0 Å². The second kappa shape index (κ2) is 7.17. The summed E-state index contributed by atoms with van der Waals surface area (Å²) in [5.41, 5.74) is 0.975. The normalized spacial score (nSPS) is 19.4. The highest BCUT2D eigenvalue weighted by molar-refractivity contribution is 7.18. The summed E-state index contributed by atoms with van der Waals surface area (Å²) in [4.78, 5) is 16.3. The molecule has 0 radical (unpaired) electrons. The molecule has 1 aromatic heterocycles. The minimum absolute atomic E-state index is 0.0288. The minimum atomic E-state index is -0.107. The minimum Gasteiger partial charge on any atom is -0.376 e. The summed E-state index contributed by atoms with van der Waals surface area (Å²) in [6, 6.07) is 8.00. The van der Waals surface area contributed by atoms with E-state index >= 15 is 0 Å². The summed E-state index contributed by atoms with van der Waals surface area (Å²) >= 11 is 1.60. The number of nitrogens with zero attached hydrogens (tertiary/aromatic N) is 1. The third kappa shape index (κ3) is 3.82. The lowest BCUT2D eigenvalue weighted by atomic mass is 10.1. The van der Waals surface area contributed by atoms with Gasteiger partial charge in [-0.1, -0.05) is 12.1 Å². The fourth-order valence-electron chi connectivity index (χ4n) is 2.60. The van der Waals surface area contributed by atoms with E-state index in [0.717, 1.165) is 34.7 Å². The van der Waals surface area contributed by atoms with Crippen molar-refractivity contribution in [2.75, 3.05) is 13.2 Å². The van der Waals surface area contributed by atoms with Crippen LogP contribution in [0, 0.1) is 0 Å². The van der Waals surface area contributed by atoms with Crippen molar-refractivity contribution in [1.29, 1.82) is 0 Å². The number of rotatable bonds is 6. The van der Waals surface area contributed by atoms with Crippen LogP contribution in [0.3, 0.4) is 0 Å². The number of ether oxygens (including phenoxy) is 2. The smallest absolute Gasteiger partial charge is 0.246 e. The van der Waals surface area contributed by atoms with Gasteiger partial charge in [0, 0.05) is 6.61 Å². The summed E-state index contributed by atoms with van der Waals surface area (Å²) in [6.07, 6.45) is 2.21. The molecular formula is C16H20N2O3S. The standard InChI is InChI=1S/C16H20N2O3S/c1-11(13-6-4-8-21-13)17-15(19)9-20-10-16-18-12-5-2-3-7-14(12)22-16/h2-3,5,7,11,13H,4,6,8-10H2,1H3,(H,17,19)/t11-,13-/m0/s1. The summed E-state index contributed by atoms with van der Waals surface area (Å²) in [6.45, 7) is 3.18. The van der Waals surface area contributed by atoms with E-state index in [1.165, 1.54) is 0 Å². The Labute approximate surface area is 133 Å². The third-order valence-electron chi connectivity index (χ3n) is 3.71. The van der Waals surface area contributed by atoms with E-state index in [2.05, 4.69) is 10.3 Å². The monoisotopic (exact) mass is 320 g/mol. The topological polar surface area (TPSA) is 60.5 Å². The molecule has 1 aliphatic rings. The fourth-order valence-corrected chi connectivity index (χ4v) is 3.50. The zero-order chi connectivity index (χ0) is 15.4. The average molecular weight is 320 g/mol. The van der Waals surface area contributed by atoms with Crippen LogP contribution in [0.5, 0.6) is 0 Å². The second-order valence-electron chi connectivity index (χ2n) is 5.48. The summed E-state index contributed by atoms with van der Waals surface area (Å²) in [5, 5.41) is 3.82. The number of para-hydroxylation sites is 1. The molecule has 1 aromatic carbocycles. The molecule has 1 aliphatic heterocycles. The first-order valence-electron chi connectivity index (χ1n) is 7.55. The van der Waals surface area contributed by atoms with Gasteiger partial charge in [-0.25, -0.2) is 4.98 Å². The number of thiazole rings is 1. The molecule has 22 heavy (non-hydrogen) atoms. The van der Waals surface area contributed by atoms with Gasteiger partial charge in [0.15, 0.2) is 0 Å². The Balaban J connectivity index is 1.43. The van der Waals surface area contributed by atoms with Crippen molar-refractivity contribution in [2.45, 2.75) is 38.5 Å².